The smallest absolute Gasteiger partial charge is 0.487 e. The highest BCUT2D eigenvalue weighted by atomic mass is 35.5. The number of benzene rings is 2. The zero-order chi connectivity index (χ0) is 25.6. The summed E-state index contributed by atoms with van der Waals surface area (Å²) in [4.78, 5) is 39.3. The third-order valence-electron chi connectivity index (χ3n) is 7.06. The molecule has 0 spiro atoms. The van der Waals surface area contributed by atoms with Crippen LogP contribution in [0.25, 0.3) is 0 Å². The molecular formula is C25H23BClNO8. The molecule has 36 heavy (non-hydrogen) atoms. The first-order chi connectivity index (χ1) is 17.3. The molecule has 2 N–H and O–H groups in total. The molecule has 2 aliphatic heterocycles. The van der Waals surface area contributed by atoms with E-state index in [0.29, 0.717) is 27.3 Å². The van der Waals surface area contributed by atoms with Gasteiger partial charge in [-0.15, -0.1) is 0 Å². The molecule has 2 heterocycles. The van der Waals surface area contributed by atoms with E-state index in [-0.39, 0.29) is 30.2 Å². The number of ether oxygens (including phenoxy) is 2. The molecule has 5 rings (SSSR count). The first kappa shape index (κ1) is 24.4. The van der Waals surface area contributed by atoms with E-state index in [9.17, 15) is 24.5 Å². The molecule has 0 radical (unpaired) electrons. The van der Waals surface area contributed by atoms with Gasteiger partial charge in [-0.1, -0.05) is 35.9 Å². The van der Waals surface area contributed by atoms with Gasteiger partial charge >= 0.3 is 13.2 Å². The number of halogens is 1. The molecule has 0 bridgehead atoms. The molecule has 2 fully saturated rings. The number of imide groups is 3. The van der Waals surface area contributed by atoms with Crippen molar-refractivity contribution in [3.8, 4) is 11.5 Å². The van der Waals surface area contributed by atoms with E-state index in [0.717, 1.165) is 7.11 Å². The van der Waals surface area contributed by atoms with Crippen molar-refractivity contribution in [3.63, 3.8) is 0 Å². The Hall–Kier alpha value is -3.34. The Balaban J connectivity index is 1.53. The Morgan fingerprint density at radius 3 is 2.61 bits per heavy atom. The zero-order valence-electron chi connectivity index (χ0n) is 19.3. The molecule has 3 amide bonds. The van der Waals surface area contributed by atoms with Crippen LogP contribution in [0, 0.1) is 17.8 Å². The fourth-order valence-corrected chi connectivity index (χ4v) is 5.78. The molecule has 1 aliphatic carbocycles. The lowest BCUT2D eigenvalue weighted by Crippen LogP contribution is -2.45. The van der Waals surface area contributed by atoms with Crippen molar-refractivity contribution in [1.29, 1.82) is 0 Å². The van der Waals surface area contributed by atoms with Crippen LogP contribution in [0.5, 0.6) is 11.5 Å². The molecule has 0 aromatic heterocycles. The van der Waals surface area contributed by atoms with E-state index >= 15 is 0 Å². The lowest BCUT2D eigenvalue weighted by Gasteiger charge is -2.42. The van der Waals surface area contributed by atoms with Gasteiger partial charge in [-0.25, -0.2) is 4.79 Å². The monoisotopic (exact) mass is 511 g/mol. The number of allylic oxidation sites excluding steroid dienone is 1. The second-order valence-electron chi connectivity index (χ2n) is 9.00. The number of hydrogen-bond donors (Lipinski definition) is 2. The summed E-state index contributed by atoms with van der Waals surface area (Å²) >= 11 is 6.33. The number of hydrogen-bond acceptors (Lipinski definition) is 8. The summed E-state index contributed by atoms with van der Waals surface area (Å²) in [5.74, 6) is -2.99. The molecule has 2 aromatic carbocycles. The van der Waals surface area contributed by atoms with E-state index < -0.39 is 48.9 Å². The van der Waals surface area contributed by atoms with Crippen molar-refractivity contribution in [3.05, 3.63) is 70.2 Å². The molecule has 2 saturated heterocycles. The van der Waals surface area contributed by atoms with Crippen molar-refractivity contribution < 1.29 is 38.6 Å². The Morgan fingerprint density at radius 1 is 1.17 bits per heavy atom. The normalized spacial score (nSPS) is 25.5. The SMILES string of the molecule is COC(=O)N1C(=O)[C@H]2[C@H](CC(COc3ccccc3)=C3B(O)O[C@H](c4ccc(O)cc4Cl)C[C@H]32)C1=O. The number of likely N-dealkylation sites (tertiary alicyclic amines) is 1. The van der Waals surface area contributed by atoms with Gasteiger partial charge in [0, 0.05) is 5.02 Å². The van der Waals surface area contributed by atoms with Crippen LogP contribution in [-0.2, 0) is 19.0 Å². The van der Waals surface area contributed by atoms with Crippen LogP contribution < -0.4 is 4.74 Å². The number of rotatable bonds is 4. The van der Waals surface area contributed by atoms with Crippen molar-refractivity contribution in [1.82, 2.24) is 4.90 Å². The van der Waals surface area contributed by atoms with Crippen molar-refractivity contribution in [2.24, 2.45) is 17.8 Å². The van der Waals surface area contributed by atoms with Crippen LogP contribution in [0.2, 0.25) is 5.02 Å². The van der Waals surface area contributed by atoms with E-state index in [4.69, 9.17) is 21.0 Å². The largest absolute Gasteiger partial charge is 0.508 e. The maximum atomic E-state index is 13.3. The number of carbonyl (C=O) groups is 3. The Bertz CT molecular complexity index is 1250. The van der Waals surface area contributed by atoms with Crippen LogP contribution in [0.3, 0.4) is 0 Å². The number of methoxy groups -OCH3 is 1. The van der Waals surface area contributed by atoms with Gasteiger partial charge in [0.2, 0.25) is 11.8 Å². The predicted molar refractivity (Wildman–Crippen MR) is 128 cm³/mol. The second kappa shape index (κ2) is 9.61. The average Bonchev–Trinajstić information content (AvgIpc) is 3.12. The summed E-state index contributed by atoms with van der Waals surface area (Å²) in [6.07, 6.45) is -1.39. The van der Waals surface area contributed by atoms with Crippen molar-refractivity contribution in [2.75, 3.05) is 13.7 Å². The average molecular weight is 512 g/mol. The molecule has 0 unspecified atom stereocenters. The molecule has 11 heteroatoms. The van der Waals surface area contributed by atoms with Gasteiger partial charge in [-0.2, -0.15) is 4.90 Å². The van der Waals surface area contributed by atoms with Gasteiger partial charge in [-0.05, 0) is 59.6 Å². The highest BCUT2D eigenvalue weighted by Crippen LogP contribution is 2.52. The quantitative estimate of drug-likeness (QED) is 0.474. The predicted octanol–water partition coefficient (Wildman–Crippen LogP) is 3.29. The summed E-state index contributed by atoms with van der Waals surface area (Å²) in [6, 6.07) is 13.5. The number of fused-ring (bicyclic) bond motifs is 3. The fraction of sp³-hybridized carbons (Fsp3) is 0.320. The Morgan fingerprint density at radius 2 is 1.92 bits per heavy atom. The summed E-state index contributed by atoms with van der Waals surface area (Å²) in [5, 5.41) is 21.1. The minimum atomic E-state index is -1.39. The van der Waals surface area contributed by atoms with Crippen LogP contribution in [0.4, 0.5) is 4.79 Å². The van der Waals surface area contributed by atoms with Gasteiger partial charge in [0.05, 0.1) is 25.0 Å². The minimum absolute atomic E-state index is 0.0240. The van der Waals surface area contributed by atoms with E-state index in [1.807, 2.05) is 18.2 Å². The maximum Gasteiger partial charge on any atom is 0.487 e. The lowest BCUT2D eigenvalue weighted by molar-refractivity contribution is -0.137. The first-order valence-electron chi connectivity index (χ1n) is 11.5. The fourth-order valence-electron chi connectivity index (χ4n) is 5.48. The van der Waals surface area contributed by atoms with E-state index in [2.05, 4.69) is 4.74 Å². The maximum absolute atomic E-state index is 13.3. The number of phenolic OH excluding ortho intramolecular Hbond substituents is 1. The Labute approximate surface area is 212 Å². The number of aromatic hydroxyl groups is 1. The number of para-hydroxylation sites is 1. The summed E-state index contributed by atoms with van der Waals surface area (Å²) in [6.45, 7) is 0.0732. The first-order valence-corrected chi connectivity index (χ1v) is 11.8. The van der Waals surface area contributed by atoms with Crippen LogP contribution in [0.15, 0.2) is 59.6 Å². The molecular weight excluding hydrogens is 489 g/mol. The van der Waals surface area contributed by atoms with Gasteiger partial charge in [-0.3, -0.25) is 9.59 Å². The van der Waals surface area contributed by atoms with Gasteiger partial charge in [0.25, 0.3) is 0 Å². The second-order valence-corrected chi connectivity index (χ2v) is 9.41. The summed E-state index contributed by atoms with van der Waals surface area (Å²) < 4.78 is 16.5. The molecule has 4 atom stereocenters. The summed E-state index contributed by atoms with van der Waals surface area (Å²) in [5.41, 5.74) is 1.64. The molecule has 9 nitrogen and oxygen atoms in total. The van der Waals surface area contributed by atoms with Gasteiger partial charge in [0.1, 0.15) is 18.1 Å². The molecule has 0 saturated carbocycles. The van der Waals surface area contributed by atoms with E-state index in [1.165, 1.54) is 12.1 Å². The topological polar surface area (TPSA) is 123 Å². The zero-order valence-corrected chi connectivity index (χ0v) is 20.1. The highest BCUT2D eigenvalue weighted by molar-refractivity contribution is 6.53. The van der Waals surface area contributed by atoms with E-state index in [1.54, 1.807) is 18.2 Å². The molecule has 2 aromatic rings. The molecule has 3 aliphatic rings. The van der Waals surface area contributed by atoms with Crippen LogP contribution >= 0.6 is 11.6 Å². The highest BCUT2D eigenvalue weighted by Gasteiger charge is 2.59. The van der Waals surface area contributed by atoms with Gasteiger partial charge in [0.15, 0.2) is 0 Å². The number of carbonyl (C=O) groups excluding carboxylic acids is 3. The minimum Gasteiger partial charge on any atom is -0.508 e. The third-order valence-corrected chi connectivity index (χ3v) is 7.38. The van der Waals surface area contributed by atoms with Crippen LogP contribution in [0.1, 0.15) is 24.5 Å². The van der Waals surface area contributed by atoms with Crippen molar-refractivity contribution >= 4 is 36.6 Å². The molecule has 186 valence electrons. The Kier molecular flexibility index (Phi) is 6.50. The standard InChI is InChI=1S/C25H23BClNO8/c1-34-25(32)28-23(30)18-9-13(12-35-15-5-3-2-4-6-15)22-17(21(18)24(28)31)11-20(36-26(22)33)16-8-7-14(29)10-19(16)27/h2-8,10,17-18,20-21,29,33H,9,11-12H2,1H3/t17-,18-,20-,21+/m0/s1. The lowest BCUT2D eigenvalue weighted by atomic mass is 9.55. The summed E-state index contributed by atoms with van der Waals surface area (Å²) in [7, 11) is -0.279. The number of nitrogens with zero attached hydrogens (tertiary/aromatic N) is 1. The number of phenols is 1. The van der Waals surface area contributed by atoms with Gasteiger partial charge < -0.3 is 24.3 Å². The third kappa shape index (κ3) is 4.15. The van der Waals surface area contributed by atoms with Crippen LogP contribution in [-0.4, -0.2) is 53.8 Å². The van der Waals surface area contributed by atoms with Crippen molar-refractivity contribution in [2.45, 2.75) is 18.9 Å². The number of amides is 3.